The maximum Gasteiger partial charge on any atom is 0.230 e. The van der Waals surface area contributed by atoms with Gasteiger partial charge in [-0.05, 0) is 26.7 Å². The molecule has 2 aliphatic rings. The Bertz CT molecular complexity index is 271. The fourth-order valence-corrected chi connectivity index (χ4v) is 2.60. The minimum absolute atomic E-state index is 0.148. The molecule has 2 unspecified atom stereocenters. The van der Waals surface area contributed by atoms with Gasteiger partial charge in [0.25, 0.3) is 0 Å². The molecule has 0 radical (unpaired) electrons. The highest BCUT2D eigenvalue weighted by Gasteiger charge is 2.46. The van der Waals surface area contributed by atoms with Crippen molar-refractivity contribution in [2.24, 2.45) is 11.1 Å². The molecule has 1 heterocycles. The van der Waals surface area contributed by atoms with Crippen molar-refractivity contribution in [1.29, 1.82) is 0 Å². The first-order valence-electron chi connectivity index (χ1n) is 6.22. The maximum atomic E-state index is 12.5. The van der Waals surface area contributed by atoms with Crippen LogP contribution in [0.25, 0.3) is 0 Å². The van der Waals surface area contributed by atoms with Crippen LogP contribution in [0.1, 0.15) is 33.1 Å². The molecule has 0 bridgehead atoms. The SMILES string of the molecule is CC1CN(C(=O)C2(CN)CCC2)C(C)CO1. The Morgan fingerprint density at radius 2 is 2.19 bits per heavy atom. The fraction of sp³-hybridized carbons (Fsp3) is 0.917. The second kappa shape index (κ2) is 4.34. The predicted octanol–water partition coefficient (Wildman–Crippen LogP) is 0.751. The highest BCUT2D eigenvalue weighted by molar-refractivity contribution is 5.84. The van der Waals surface area contributed by atoms with Crippen LogP contribution >= 0.6 is 0 Å². The lowest BCUT2D eigenvalue weighted by Gasteiger charge is -2.46. The molecule has 1 saturated carbocycles. The van der Waals surface area contributed by atoms with Crippen molar-refractivity contribution in [2.75, 3.05) is 19.7 Å². The molecule has 4 nitrogen and oxygen atoms in total. The minimum Gasteiger partial charge on any atom is -0.375 e. The molecular formula is C12H22N2O2. The molecule has 2 rings (SSSR count). The zero-order valence-corrected chi connectivity index (χ0v) is 10.2. The average Bonchev–Trinajstić information content (AvgIpc) is 2.21. The number of amides is 1. The summed E-state index contributed by atoms with van der Waals surface area (Å²) in [7, 11) is 0. The lowest BCUT2D eigenvalue weighted by molar-refractivity contribution is -0.158. The molecule has 0 aromatic carbocycles. The molecular weight excluding hydrogens is 204 g/mol. The van der Waals surface area contributed by atoms with Crippen LogP contribution in [0, 0.1) is 5.41 Å². The van der Waals surface area contributed by atoms with Gasteiger partial charge in [-0.2, -0.15) is 0 Å². The summed E-state index contributed by atoms with van der Waals surface area (Å²) in [4.78, 5) is 14.5. The van der Waals surface area contributed by atoms with Crippen molar-refractivity contribution in [1.82, 2.24) is 4.90 Å². The topological polar surface area (TPSA) is 55.6 Å². The number of rotatable bonds is 2. The smallest absolute Gasteiger partial charge is 0.230 e. The van der Waals surface area contributed by atoms with Gasteiger partial charge in [-0.1, -0.05) is 6.42 Å². The third kappa shape index (κ3) is 1.84. The first kappa shape index (κ1) is 11.9. The number of nitrogens with zero attached hydrogens (tertiary/aromatic N) is 1. The minimum atomic E-state index is -0.245. The molecule has 2 N–H and O–H groups in total. The average molecular weight is 226 g/mol. The van der Waals surface area contributed by atoms with E-state index in [9.17, 15) is 4.79 Å². The van der Waals surface area contributed by atoms with Gasteiger partial charge in [0.1, 0.15) is 0 Å². The van der Waals surface area contributed by atoms with E-state index in [1.54, 1.807) is 0 Å². The molecule has 1 saturated heterocycles. The van der Waals surface area contributed by atoms with E-state index in [1.165, 1.54) is 0 Å². The van der Waals surface area contributed by atoms with Crippen molar-refractivity contribution in [3.05, 3.63) is 0 Å². The van der Waals surface area contributed by atoms with Crippen molar-refractivity contribution in [3.63, 3.8) is 0 Å². The van der Waals surface area contributed by atoms with E-state index in [2.05, 4.69) is 0 Å². The number of carbonyl (C=O) groups is 1. The van der Waals surface area contributed by atoms with Crippen molar-refractivity contribution in [3.8, 4) is 0 Å². The van der Waals surface area contributed by atoms with Crippen LogP contribution in [0.5, 0.6) is 0 Å². The molecule has 0 spiro atoms. The van der Waals surface area contributed by atoms with Gasteiger partial charge in [-0.25, -0.2) is 0 Å². The molecule has 4 heteroatoms. The molecule has 1 aliphatic carbocycles. The highest BCUT2D eigenvalue weighted by Crippen LogP contribution is 2.42. The Labute approximate surface area is 97.1 Å². The Morgan fingerprint density at radius 3 is 2.69 bits per heavy atom. The second-order valence-corrected chi connectivity index (χ2v) is 5.29. The second-order valence-electron chi connectivity index (χ2n) is 5.29. The van der Waals surface area contributed by atoms with E-state index in [0.717, 1.165) is 19.3 Å². The Kier molecular flexibility index (Phi) is 3.22. The summed E-state index contributed by atoms with van der Waals surface area (Å²) >= 11 is 0. The Morgan fingerprint density at radius 1 is 1.50 bits per heavy atom. The van der Waals surface area contributed by atoms with Gasteiger partial charge in [-0.15, -0.1) is 0 Å². The lowest BCUT2D eigenvalue weighted by Crippen LogP contribution is -2.58. The largest absolute Gasteiger partial charge is 0.375 e. The quantitative estimate of drug-likeness (QED) is 0.756. The summed E-state index contributed by atoms with van der Waals surface area (Å²) in [6, 6.07) is 0.188. The van der Waals surface area contributed by atoms with Gasteiger partial charge < -0.3 is 15.4 Å². The highest BCUT2D eigenvalue weighted by atomic mass is 16.5. The van der Waals surface area contributed by atoms with Gasteiger partial charge in [0, 0.05) is 13.1 Å². The molecule has 2 fully saturated rings. The zero-order chi connectivity index (χ0) is 11.8. The van der Waals surface area contributed by atoms with E-state index in [4.69, 9.17) is 10.5 Å². The summed E-state index contributed by atoms with van der Waals surface area (Å²) in [6.07, 6.45) is 3.20. The van der Waals surface area contributed by atoms with Gasteiger partial charge in [0.2, 0.25) is 5.91 Å². The molecule has 92 valence electrons. The van der Waals surface area contributed by atoms with Crippen molar-refractivity contribution >= 4 is 5.91 Å². The van der Waals surface area contributed by atoms with Crippen LogP contribution in [0.4, 0.5) is 0 Å². The molecule has 1 aliphatic heterocycles. The number of morpholine rings is 1. The lowest BCUT2D eigenvalue weighted by atomic mass is 9.67. The van der Waals surface area contributed by atoms with E-state index in [-0.39, 0.29) is 23.5 Å². The number of hydrogen-bond acceptors (Lipinski definition) is 3. The fourth-order valence-electron chi connectivity index (χ4n) is 2.60. The normalized spacial score (nSPS) is 33.3. The summed E-state index contributed by atoms with van der Waals surface area (Å²) in [5.74, 6) is 0.254. The van der Waals surface area contributed by atoms with Crippen LogP contribution in [0.15, 0.2) is 0 Å². The van der Waals surface area contributed by atoms with Gasteiger partial charge in [0.05, 0.1) is 24.2 Å². The maximum absolute atomic E-state index is 12.5. The molecule has 2 atom stereocenters. The van der Waals surface area contributed by atoms with E-state index in [0.29, 0.717) is 19.7 Å². The van der Waals surface area contributed by atoms with Crippen molar-refractivity contribution < 1.29 is 9.53 Å². The molecule has 16 heavy (non-hydrogen) atoms. The first-order valence-corrected chi connectivity index (χ1v) is 6.22. The number of nitrogens with two attached hydrogens (primary N) is 1. The third-order valence-corrected chi connectivity index (χ3v) is 4.02. The van der Waals surface area contributed by atoms with E-state index < -0.39 is 0 Å². The summed E-state index contributed by atoms with van der Waals surface area (Å²) in [5.41, 5.74) is 5.53. The standard InChI is InChI=1S/C12H22N2O2/c1-9-7-16-10(2)6-14(9)11(15)12(8-13)4-3-5-12/h9-10H,3-8,13H2,1-2H3. The van der Waals surface area contributed by atoms with E-state index in [1.807, 2.05) is 18.7 Å². The van der Waals surface area contributed by atoms with Gasteiger partial charge >= 0.3 is 0 Å². The first-order chi connectivity index (χ1) is 7.59. The van der Waals surface area contributed by atoms with Crippen LogP contribution in [0.2, 0.25) is 0 Å². The summed E-state index contributed by atoms with van der Waals surface area (Å²) in [6.45, 7) is 5.91. The van der Waals surface area contributed by atoms with Crippen LogP contribution in [0.3, 0.4) is 0 Å². The van der Waals surface area contributed by atoms with Gasteiger partial charge in [0.15, 0.2) is 0 Å². The zero-order valence-electron chi connectivity index (χ0n) is 10.2. The summed E-state index contributed by atoms with van der Waals surface area (Å²) in [5, 5.41) is 0. The third-order valence-electron chi connectivity index (χ3n) is 4.02. The Balaban J connectivity index is 2.07. The van der Waals surface area contributed by atoms with Crippen LogP contribution in [-0.2, 0) is 9.53 Å². The van der Waals surface area contributed by atoms with Crippen LogP contribution in [-0.4, -0.2) is 42.6 Å². The monoisotopic (exact) mass is 226 g/mol. The van der Waals surface area contributed by atoms with Crippen LogP contribution < -0.4 is 5.73 Å². The Hall–Kier alpha value is -0.610. The molecule has 1 amide bonds. The van der Waals surface area contributed by atoms with E-state index >= 15 is 0 Å². The number of hydrogen-bond donors (Lipinski definition) is 1. The molecule has 0 aromatic rings. The predicted molar refractivity (Wildman–Crippen MR) is 61.9 cm³/mol. The number of carbonyl (C=O) groups excluding carboxylic acids is 1. The van der Waals surface area contributed by atoms with Crippen molar-refractivity contribution in [2.45, 2.75) is 45.3 Å². The number of ether oxygens (including phenoxy) is 1. The summed E-state index contributed by atoms with van der Waals surface area (Å²) < 4.78 is 5.54. The molecule has 0 aromatic heterocycles. The van der Waals surface area contributed by atoms with Gasteiger partial charge in [-0.3, -0.25) is 4.79 Å².